The number of ketones is 1. The molecule has 0 amide bonds. The summed E-state index contributed by atoms with van der Waals surface area (Å²) < 4.78 is 0. The van der Waals surface area contributed by atoms with Gasteiger partial charge in [-0.15, -0.1) is 0 Å². The largest absolute Gasteiger partial charge is 0.292 e. The molecule has 9 heteroatoms. The summed E-state index contributed by atoms with van der Waals surface area (Å²) in [4.78, 5) is 22.6. The van der Waals surface area contributed by atoms with Gasteiger partial charge in [0, 0.05) is 35.7 Å². The second kappa shape index (κ2) is 10.3. The topological polar surface area (TPSA) is 91.4 Å². The Balaban J connectivity index is 1.61. The zero-order valence-corrected chi connectivity index (χ0v) is 23.6. The van der Waals surface area contributed by atoms with E-state index in [-0.39, 0.29) is 11.5 Å². The molecule has 4 aromatic carbocycles. The van der Waals surface area contributed by atoms with Gasteiger partial charge >= 0.3 is 0 Å². The third-order valence-corrected chi connectivity index (χ3v) is 8.61. The number of carbonyl (C=O) groups excluding carboxylic acids is 1. The minimum absolute atomic E-state index is 0.0282. The number of nitro groups is 1. The molecule has 0 fully saturated rings. The minimum Gasteiger partial charge on any atom is -0.292 e. The second-order valence-electron chi connectivity index (χ2n) is 10.2. The number of rotatable bonds is 6. The van der Waals surface area contributed by atoms with Crippen molar-refractivity contribution in [1.29, 1.82) is 0 Å². The molecule has 1 atom stereocenters. The van der Waals surface area contributed by atoms with Crippen LogP contribution in [0, 0.1) is 10.1 Å². The second-order valence-corrected chi connectivity index (χ2v) is 11.3. The molecular formula is C32H27N5O3S. The van der Waals surface area contributed by atoms with Crippen molar-refractivity contribution < 1.29 is 9.72 Å². The van der Waals surface area contributed by atoms with Gasteiger partial charge in [-0.2, -0.15) is 10.2 Å². The fourth-order valence-electron chi connectivity index (χ4n) is 5.10. The first-order valence-electron chi connectivity index (χ1n) is 13.3. The molecular weight excluding hydrogens is 534 g/mol. The van der Waals surface area contributed by atoms with Crippen LogP contribution in [0.15, 0.2) is 113 Å². The number of hydrogen-bond donors (Lipinski definition) is 0. The Labute approximate surface area is 242 Å². The highest BCUT2D eigenvalue weighted by Gasteiger charge is 2.55. The van der Waals surface area contributed by atoms with Gasteiger partial charge in [-0.3, -0.25) is 14.9 Å². The SMILES string of the molecule is CC(=O)C1=NN(c2ccc([N+](=O)[O-])cc2)[C@@]2(S1)c1ccccc1C(c1ccc(C(C)C)cc1)=NN2c1ccccc1. The van der Waals surface area contributed by atoms with Gasteiger partial charge in [0.25, 0.3) is 5.69 Å². The van der Waals surface area contributed by atoms with E-state index in [1.165, 1.54) is 36.4 Å². The monoisotopic (exact) mass is 561 g/mol. The highest BCUT2D eigenvalue weighted by atomic mass is 32.2. The van der Waals surface area contributed by atoms with Crippen LogP contribution < -0.4 is 10.0 Å². The number of Topliss-reactive ketones (excluding diaryl/α,β-unsaturated/α-hetero) is 1. The number of non-ortho nitro benzene ring substituents is 1. The van der Waals surface area contributed by atoms with Crippen LogP contribution in [0.2, 0.25) is 0 Å². The number of anilines is 2. The number of nitrogens with zero attached hydrogens (tertiary/aromatic N) is 5. The van der Waals surface area contributed by atoms with Crippen LogP contribution in [0.5, 0.6) is 0 Å². The minimum atomic E-state index is -1.11. The lowest BCUT2D eigenvalue weighted by atomic mass is 9.92. The van der Waals surface area contributed by atoms with Gasteiger partial charge in [0.2, 0.25) is 4.99 Å². The highest BCUT2D eigenvalue weighted by Crippen LogP contribution is 2.55. The average molecular weight is 562 g/mol. The third kappa shape index (κ3) is 4.48. The molecule has 2 aliphatic rings. The maximum atomic E-state index is 12.8. The number of hydrogen-bond acceptors (Lipinski definition) is 8. The van der Waals surface area contributed by atoms with Crippen molar-refractivity contribution >= 4 is 45.4 Å². The van der Waals surface area contributed by atoms with E-state index in [1.54, 1.807) is 17.1 Å². The molecule has 0 aliphatic carbocycles. The smallest absolute Gasteiger partial charge is 0.269 e. The lowest BCUT2D eigenvalue weighted by molar-refractivity contribution is -0.384. The molecule has 0 aromatic heterocycles. The van der Waals surface area contributed by atoms with Crippen molar-refractivity contribution in [2.75, 3.05) is 10.0 Å². The summed E-state index contributed by atoms with van der Waals surface area (Å²) in [5.41, 5.74) is 6.18. The first-order valence-corrected chi connectivity index (χ1v) is 14.1. The van der Waals surface area contributed by atoms with E-state index in [4.69, 9.17) is 10.2 Å². The van der Waals surface area contributed by atoms with Crippen molar-refractivity contribution in [3.05, 3.63) is 135 Å². The average Bonchev–Trinajstić information content (AvgIpc) is 3.39. The lowest BCUT2D eigenvalue weighted by Gasteiger charge is -2.47. The molecule has 1 spiro atoms. The number of para-hydroxylation sites is 1. The summed E-state index contributed by atoms with van der Waals surface area (Å²) in [5, 5.41) is 25.5. The number of carbonyl (C=O) groups is 1. The predicted molar refractivity (Wildman–Crippen MR) is 164 cm³/mol. The third-order valence-electron chi connectivity index (χ3n) is 7.19. The molecule has 2 aliphatic heterocycles. The Hall–Kier alpha value is -4.76. The summed E-state index contributed by atoms with van der Waals surface area (Å²) >= 11 is 1.32. The fraction of sp³-hybridized carbons (Fsp3) is 0.156. The van der Waals surface area contributed by atoms with Gasteiger partial charge in [0.05, 0.1) is 22.0 Å². The van der Waals surface area contributed by atoms with E-state index in [0.29, 0.717) is 16.6 Å². The standard InChI is InChI=1S/C32H27N5O3S/c1-21(2)23-13-15-24(16-14-23)30-28-11-7-8-12-29(28)32(35(33-30)25-9-5-4-6-10-25)36(34-31(41-32)22(3)38)26-17-19-27(20-18-26)37(39)40/h4-21H,1-3H3/t32-/m1/s1. The Morgan fingerprint density at radius 1 is 0.829 bits per heavy atom. The molecule has 6 rings (SSSR count). The van der Waals surface area contributed by atoms with E-state index in [1.807, 2.05) is 59.6 Å². The van der Waals surface area contributed by atoms with Crippen LogP contribution in [-0.2, 0) is 9.79 Å². The van der Waals surface area contributed by atoms with Gasteiger partial charge in [-0.05, 0) is 47.5 Å². The molecule has 204 valence electrons. The summed E-state index contributed by atoms with van der Waals surface area (Å²) in [6.07, 6.45) is 0. The van der Waals surface area contributed by atoms with Crippen molar-refractivity contribution in [2.24, 2.45) is 10.2 Å². The van der Waals surface area contributed by atoms with E-state index < -0.39 is 9.92 Å². The van der Waals surface area contributed by atoms with Gasteiger partial charge in [-0.1, -0.05) is 80.6 Å². The van der Waals surface area contributed by atoms with E-state index in [0.717, 1.165) is 28.1 Å². The van der Waals surface area contributed by atoms with Crippen molar-refractivity contribution in [1.82, 2.24) is 0 Å². The molecule has 8 nitrogen and oxygen atoms in total. The summed E-state index contributed by atoms with van der Waals surface area (Å²) in [7, 11) is 0. The van der Waals surface area contributed by atoms with Gasteiger partial charge in [-0.25, -0.2) is 10.0 Å². The van der Waals surface area contributed by atoms with Crippen LogP contribution >= 0.6 is 11.8 Å². The Bertz CT molecular complexity index is 1700. The number of hydrazone groups is 2. The van der Waals surface area contributed by atoms with Crippen LogP contribution in [0.1, 0.15) is 48.9 Å². The normalized spacial score (nSPS) is 17.9. The maximum absolute atomic E-state index is 12.8. The number of fused-ring (bicyclic) bond motifs is 2. The van der Waals surface area contributed by atoms with Gasteiger partial charge in [0.1, 0.15) is 0 Å². The molecule has 0 bridgehead atoms. The number of nitro benzene ring substituents is 1. The molecule has 41 heavy (non-hydrogen) atoms. The van der Waals surface area contributed by atoms with Crippen LogP contribution in [0.4, 0.5) is 17.1 Å². The summed E-state index contributed by atoms with van der Waals surface area (Å²) in [6, 6.07) is 32.4. The fourth-order valence-corrected chi connectivity index (χ4v) is 6.39. The van der Waals surface area contributed by atoms with E-state index in [9.17, 15) is 14.9 Å². The van der Waals surface area contributed by atoms with Crippen LogP contribution in [-0.4, -0.2) is 21.5 Å². The number of thioether (sulfide) groups is 1. The first kappa shape index (κ1) is 26.5. The van der Waals surface area contributed by atoms with Crippen molar-refractivity contribution in [3.63, 3.8) is 0 Å². The summed E-state index contributed by atoms with van der Waals surface area (Å²) in [5.74, 6) is 0.226. The van der Waals surface area contributed by atoms with Crippen molar-refractivity contribution in [2.45, 2.75) is 31.7 Å². The zero-order valence-electron chi connectivity index (χ0n) is 22.8. The summed E-state index contributed by atoms with van der Waals surface area (Å²) in [6.45, 7) is 5.82. The Morgan fingerprint density at radius 3 is 2.07 bits per heavy atom. The molecule has 0 saturated carbocycles. The zero-order chi connectivity index (χ0) is 28.7. The highest BCUT2D eigenvalue weighted by molar-refractivity contribution is 8.17. The van der Waals surface area contributed by atoms with E-state index in [2.05, 4.69) is 38.1 Å². The van der Waals surface area contributed by atoms with Crippen LogP contribution in [0.3, 0.4) is 0 Å². The van der Waals surface area contributed by atoms with Crippen molar-refractivity contribution in [3.8, 4) is 0 Å². The Morgan fingerprint density at radius 2 is 1.44 bits per heavy atom. The molecule has 0 radical (unpaired) electrons. The first-order chi connectivity index (χ1) is 19.8. The molecule has 0 N–H and O–H groups in total. The van der Waals surface area contributed by atoms with Crippen LogP contribution in [0.25, 0.3) is 0 Å². The van der Waals surface area contributed by atoms with Gasteiger partial charge in [0.15, 0.2) is 10.8 Å². The molecule has 0 saturated heterocycles. The van der Waals surface area contributed by atoms with E-state index >= 15 is 0 Å². The molecule has 4 aromatic rings. The predicted octanol–water partition coefficient (Wildman–Crippen LogP) is 7.26. The number of benzene rings is 4. The Kier molecular flexibility index (Phi) is 6.67. The lowest BCUT2D eigenvalue weighted by Crippen LogP contribution is -2.54. The molecule has 0 unspecified atom stereocenters. The molecule has 2 heterocycles. The maximum Gasteiger partial charge on any atom is 0.269 e. The quantitative estimate of drug-likeness (QED) is 0.182. The van der Waals surface area contributed by atoms with Gasteiger partial charge < -0.3 is 0 Å².